The molecule has 5 aliphatic rings. The molecule has 0 amide bonds. The lowest BCUT2D eigenvalue weighted by molar-refractivity contribution is 0.438. The molecular weight excluding hydrogens is 1790 g/mol. The maximum atomic E-state index is 13.3. The number of nitrogens with zero attached hydrogens (tertiary/aromatic N) is 9. The van der Waals surface area contributed by atoms with Crippen LogP contribution >= 0.6 is 23.2 Å². The summed E-state index contributed by atoms with van der Waals surface area (Å²) in [5.74, 6) is 1.81. The van der Waals surface area contributed by atoms with E-state index < -0.39 is 80.2 Å². The van der Waals surface area contributed by atoms with Crippen LogP contribution in [-0.2, 0) is 80.2 Å². The van der Waals surface area contributed by atoms with Crippen LogP contribution in [0.25, 0.3) is 0 Å². The first-order valence-corrected chi connectivity index (χ1v) is 53.5. The molecule has 678 valence electrons. The van der Waals surface area contributed by atoms with Gasteiger partial charge in [0.25, 0.3) is 40.1 Å². The van der Waals surface area contributed by atoms with Crippen molar-refractivity contribution in [2.24, 2.45) is 17.8 Å². The predicted octanol–water partition coefficient (Wildman–Crippen LogP) is 14.3. The van der Waals surface area contributed by atoms with Crippen molar-refractivity contribution in [3.63, 3.8) is 0 Å². The van der Waals surface area contributed by atoms with Gasteiger partial charge < -0.3 is 24.5 Å². The van der Waals surface area contributed by atoms with Gasteiger partial charge in [-0.05, 0) is 265 Å². The average molecular weight is 1900 g/mol. The quantitative estimate of drug-likeness (QED) is 0.0413. The Morgan fingerprint density at radius 2 is 0.613 bits per heavy atom. The van der Waals surface area contributed by atoms with Gasteiger partial charge in [-0.15, -0.1) is 0 Å². The molecule has 29 nitrogen and oxygen atoms in total. The fraction of sp³-hybridized carbons (Fsp3) is 0.435. The molecule has 5 heterocycles. The molecular formula is C85H115Cl2N13O16S8. The molecule has 0 radical (unpaired) electrons. The number of para-hydroxylation sites is 1. The summed E-state index contributed by atoms with van der Waals surface area (Å²) in [4.78, 5) is 11.2. The van der Waals surface area contributed by atoms with Crippen molar-refractivity contribution < 1.29 is 67.3 Å². The fourth-order valence-corrected chi connectivity index (χ4v) is 23.2. The van der Waals surface area contributed by atoms with Crippen molar-refractivity contribution >= 4 is 155 Å². The van der Waals surface area contributed by atoms with Crippen molar-refractivity contribution in [2.45, 2.75) is 144 Å². The first kappa shape index (κ1) is 98.2. The largest absolute Gasteiger partial charge is 0.371 e. The summed E-state index contributed by atoms with van der Waals surface area (Å²) >= 11 is 12.6. The molecule has 124 heavy (non-hydrogen) atoms. The molecule has 0 spiro atoms. The summed E-state index contributed by atoms with van der Waals surface area (Å²) in [5.41, 5.74) is 7.08. The van der Waals surface area contributed by atoms with E-state index in [0.717, 1.165) is 175 Å². The molecule has 5 aliphatic heterocycles. The van der Waals surface area contributed by atoms with Crippen LogP contribution in [0.1, 0.15) is 103 Å². The molecule has 8 aromatic rings. The molecule has 0 bridgehead atoms. The number of hydrogen-bond donors (Lipinski definition) is 4. The van der Waals surface area contributed by atoms with E-state index in [1.807, 2.05) is 43.3 Å². The smallest absolute Gasteiger partial charge is 0.261 e. The van der Waals surface area contributed by atoms with Gasteiger partial charge in [0.1, 0.15) is 0 Å². The number of rotatable bonds is 25. The second-order valence-corrected chi connectivity index (χ2v) is 48.8. The van der Waals surface area contributed by atoms with E-state index in [1.165, 1.54) is 166 Å². The minimum absolute atomic E-state index is 0.0138. The van der Waals surface area contributed by atoms with Gasteiger partial charge in [-0.3, -0.25) is 18.9 Å². The Hall–Kier alpha value is -8.02. The zero-order valence-corrected chi connectivity index (χ0v) is 80.1. The topological polar surface area (TPSA) is 350 Å². The van der Waals surface area contributed by atoms with Crippen molar-refractivity contribution in [1.29, 1.82) is 0 Å². The fourth-order valence-electron chi connectivity index (χ4n) is 14.9. The van der Waals surface area contributed by atoms with Crippen molar-refractivity contribution in [1.82, 2.24) is 17.2 Å². The van der Waals surface area contributed by atoms with Crippen LogP contribution in [0.4, 0.5) is 51.2 Å². The standard InChI is InChI=1S/C24H34N4O4S2.C21H29N3O4S2.2C20H26ClN3O4S2/c1-26(2)34(31,32)22-12-10-21(11-13-22)33(29,30)25-23-19-20(27-15-5-3-6-16-27)9-14-24(23)28-17-7-4-8-18-28;1-16-11-13-24(14-12-16)21-10-5-17(2)15-20(21)22-29(25,26)18-6-8-19(9-7-18)30(27,28)23(3)4;1-15-5-4-12-24(14-15)20-11-6-16(21)13-19(20)22-29(25,26)17-7-9-18(10-8-17)30(27,28)23(2)3;1-15-11-13-24(14-12-15)20-18(21)5-4-6-19(20)22-29(25,26)16-7-9-17(10-8-16)30(27,28)23(2)3/h9-14,19,25H,3-8,15-18H2,1-2H3;5-10,15-16,22H,11-14H2,1-4H3;6-11,13,15,22H,4-5,12,14H2,1-3H3;4-10,15,22H,11-14H2,1-3H3. The third kappa shape index (κ3) is 24.6. The number of anilines is 9. The molecule has 4 N–H and O–H groups in total. The maximum Gasteiger partial charge on any atom is 0.261 e. The number of hydrogen-bond acceptors (Lipinski definition) is 21. The zero-order chi connectivity index (χ0) is 90.7. The third-order valence-electron chi connectivity index (χ3n) is 22.3. The number of benzene rings is 8. The van der Waals surface area contributed by atoms with Gasteiger partial charge in [-0.2, -0.15) is 0 Å². The monoisotopic (exact) mass is 1900 g/mol. The SMILES string of the molecule is CC1CCCN(c2ccc(Cl)cc2NS(=O)(=O)c2ccc(S(=O)(=O)N(C)C)cc2)C1.CC1CCN(c2c(Cl)cccc2NS(=O)(=O)c2ccc(S(=O)(=O)N(C)C)cc2)CC1.CN(C)S(=O)(=O)c1ccc(S(=O)(=O)Nc2cc(N3CCCCC3)ccc2N2CCCCC2)cc1.Cc1ccc(N2CCC(C)CC2)c(NS(=O)(=O)c2ccc(S(=O)(=O)N(C)C)cc2)c1. The minimum atomic E-state index is -3.93. The third-order valence-corrected chi connectivity index (χ3v) is 35.7. The number of sulfonamides is 8. The van der Waals surface area contributed by atoms with Crippen molar-refractivity contribution in [2.75, 3.05) is 165 Å². The lowest BCUT2D eigenvalue weighted by Crippen LogP contribution is -2.34. The highest BCUT2D eigenvalue weighted by Gasteiger charge is 2.31. The van der Waals surface area contributed by atoms with Crippen LogP contribution in [0.5, 0.6) is 0 Å². The molecule has 0 aliphatic carbocycles. The second-order valence-electron chi connectivity index (χ2n) is 32.6. The van der Waals surface area contributed by atoms with Crippen LogP contribution < -0.4 is 43.4 Å². The Balaban J connectivity index is 0.000000173. The summed E-state index contributed by atoms with van der Waals surface area (Å²) in [7, 11) is -18.7. The van der Waals surface area contributed by atoms with Crippen LogP contribution in [0.15, 0.2) is 209 Å². The molecule has 1 atom stereocenters. The van der Waals surface area contributed by atoms with E-state index in [1.54, 1.807) is 30.3 Å². The lowest BCUT2D eigenvalue weighted by atomic mass is 9.98. The second kappa shape index (κ2) is 41.4. The van der Waals surface area contributed by atoms with Crippen LogP contribution in [0, 0.1) is 24.7 Å². The van der Waals surface area contributed by atoms with E-state index in [2.05, 4.69) is 70.2 Å². The maximum absolute atomic E-state index is 13.3. The Morgan fingerprint density at radius 3 is 1.00 bits per heavy atom. The summed E-state index contributed by atoms with van der Waals surface area (Å²) in [5, 5.41) is 0.908. The molecule has 8 aromatic carbocycles. The van der Waals surface area contributed by atoms with Crippen molar-refractivity contribution in [3.05, 3.63) is 185 Å². The summed E-state index contributed by atoms with van der Waals surface area (Å²) in [6.07, 6.45) is 13.2. The summed E-state index contributed by atoms with van der Waals surface area (Å²) in [6.45, 7) is 17.3. The van der Waals surface area contributed by atoms with Gasteiger partial charge in [0.05, 0.1) is 89.7 Å². The van der Waals surface area contributed by atoms with Gasteiger partial charge >= 0.3 is 0 Å². The van der Waals surface area contributed by atoms with E-state index in [0.29, 0.717) is 56.2 Å². The molecule has 13 rings (SSSR count). The predicted molar refractivity (Wildman–Crippen MR) is 497 cm³/mol. The van der Waals surface area contributed by atoms with E-state index in [4.69, 9.17) is 23.2 Å². The lowest BCUT2D eigenvalue weighted by Gasteiger charge is -2.34. The molecule has 5 saturated heterocycles. The minimum Gasteiger partial charge on any atom is -0.371 e. The number of piperidine rings is 5. The summed E-state index contributed by atoms with van der Waals surface area (Å²) in [6, 6.07) is 43.0. The molecule has 1 unspecified atom stereocenters. The molecule has 0 aromatic heterocycles. The first-order chi connectivity index (χ1) is 58.2. The Bertz CT molecular complexity index is 5890. The van der Waals surface area contributed by atoms with E-state index in [9.17, 15) is 67.3 Å². The van der Waals surface area contributed by atoms with Crippen LogP contribution in [0.3, 0.4) is 0 Å². The Labute approximate surface area is 745 Å². The van der Waals surface area contributed by atoms with Crippen LogP contribution in [0.2, 0.25) is 10.0 Å². The number of nitrogens with one attached hydrogen (secondary N) is 4. The highest BCUT2D eigenvalue weighted by atomic mass is 35.5. The van der Waals surface area contributed by atoms with E-state index in [-0.39, 0.29) is 39.2 Å². The molecule has 5 fully saturated rings. The Morgan fingerprint density at radius 1 is 0.298 bits per heavy atom. The van der Waals surface area contributed by atoms with Gasteiger partial charge in [0.15, 0.2) is 0 Å². The molecule has 0 saturated carbocycles. The van der Waals surface area contributed by atoms with Crippen molar-refractivity contribution in [3.8, 4) is 0 Å². The zero-order valence-electron chi connectivity index (χ0n) is 72.0. The first-order valence-electron chi connectivity index (χ1n) is 41.0. The number of halogens is 2. The Kier molecular flexibility index (Phi) is 32.8. The average Bonchev–Trinajstić information content (AvgIpc) is 0.780. The highest BCUT2D eigenvalue weighted by Crippen LogP contribution is 2.41. The van der Waals surface area contributed by atoms with Gasteiger partial charge in [0, 0.05) is 133 Å². The van der Waals surface area contributed by atoms with Gasteiger partial charge in [-0.25, -0.2) is 84.6 Å². The normalized spacial score (nSPS) is 17.0. The summed E-state index contributed by atoms with van der Waals surface area (Å²) < 4.78 is 218. The van der Waals surface area contributed by atoms with Gasteiger partial charge in [0.2, 0.25) is 40.1 Å². The highest BCUT2D eigenvalue weighted by molar-refractivity contribution is 7.94. The molecule has 39 heteroatoms. The van der Waals surface area contributed by atoms with Gasteiger partial charge in [-0.1, -0.05) is 56.1 Å². The van der Waals surface area contributed by atoms with Crippen LogP contribution in [-0.4, -0.2) is 206 Å². The number of aryl methyl sites for hydroxylation is 1. The van der Waals surface area contributed by atoms with E-state index >= 15 is 0 Å².